The minimum Gasteiger partial charge on any atom is -0.444 e. The third kappa shape index (κ3) is 3.84. The molecular weight excluding hydrogens is 252 g/mol. The van der Waals surface area contributed by atoms with Crippen molar-refractivity contribution in [2.75, 3.05) is 6.54 Å². The summed E-state index contributed by atoms with van der Waals surface area (Å²) in [5.74, 6) is 1.46. The average Bonchev–Trinajstić information content (AvgIpc) is 2.58. The van der Waals surface area contributed by atoms with Crippen LogP contribution in [0.5, 0.6) is 0 Å². The maximum absolute atomic E-state index is 12.4. The van der Waals surface area contributed by atoms with Gasteiger partial charge in [-0.25, -0.2) is 4.98 Å². The van der Waals surface area contributed by atoms with Crippen molar-refractivity contribution in [3.8, 4) is 0 Å². The van der Waals surface area contributed by atoms with E-state index in [1.165, 1.54) is 0 Å². The molecule has 1 rings (SSSR count). The normalized spacial score (nSPS) is 12.6. The highest BCUT2D eigenvalue weighted by molar-refractivity contribution is 5.79. The quantitative estimate of drug-likeness (QED) is 0.851. The van der Waals surface area contributed by atoms with Crippen molar-refractivity contribution >= 4 is 5.91 Å². The lowest BCUT2D eigenvalue weighted by Crippen LogP contribution is -2.46. The first-order valence-corrected chi connectivity index (χ1v) is 7.24. The van der Waals surface area contributed by atoms with Gasteiger partial charge >= 0.3 is 0 Å². The molecule has 4 heteroatoms. The first-order chi connectivity index (χ1) is 8.96. The Bertz CT molecular complexity index is 476. The Hall–Kier alpha value is -1.32. The summed E-state index contributed by atoms with van der Waals surface area (Å²) in [5.41, 5.74) is 0.501. The summed E-state index contributed by atoms with van der Waals surface area (Å²) in [6, 6.07) is 0. The molecule has 0 aliphatic rings. The van der Waals surface area contributed by atoms with Gasteiger partial charge in [-0.1, -0.05) is 20.8 Å². The second kappa shape index (κ2) is 5.58. The van der Waals surface area contributed by atoms with Crippen LogP contribution in [0.1, 0.15) is 65.8 Å². The van der Waals surface area contributed by atoms with Crippen LogP contribution in [0.15, 0.2) is 4.42 Å². The number of oxazole rings is 1. The van der Waals surface area contributed by atoms with E-state index < -0.39 is 0 Å². The van der Waals surface area contributed by atoms with E-state index in [4.69, 9.17) is 4.42 Å². The summed E-state index contributed by atoms with van der Waals surface area (Å²) in [6.07, 6.45) is 0.278. The van der Waals surface area contributed by atoms with Gasteiger partial charge in [-0.3, -0.25) is 4.79 Å². The van der Waals surface area contributed by atoms with Crippen LogP contribution in [0, 0.1) is 6.92 Å². The molecule has 0 aromatic carbocycles. The monoisotopic (exact) mass is 280 g/mol. The van der Waals surface area contributed by atoms with Gasteiger partial charge in [-0.2, -0.15) is 0 Å². The molecule has 0 saturated heterocycles. The molecule has 1 aromatic rings. The number of aromatic nitrogens is 1. The lowest BCUT2D eigenvalue weighted by Gasteiger charge is -2.34. The van der Waals surface area contributed by atoms with Gasteiger partial charge in [0, 0.05) is 17.5 Å². The fourth-order valence-corrected chi connectivity index (χ4v) is 2.17. The van der Waals surface area contributed by atoms with Crippen LogP contribution >= 0.6 is 0 Å². The van der Waals surface area contributed by atoms with E-state index in [2.05, 4.69) is 25.8 Å². The minimum atomic E-state index is -0.174. The maximum atomic E-state index is 12.4. The predicted octanol–water partition coefficient (Wildman–Crippen LogP) is 3.47. The molecular formula is C16H28N2O2. The molecule has 4 nitrogen and oxygen atoms in total. The number of carbonyl (C=O) groups is 1. The molecule has 20 heavy (non-hydrogen) atoms. The summed E-state index contributed by atoms with van der Waals surface area (Å²) in [6.45, 7) is 16.9. The Morgan fingerprint density at radius 1 is 1.20 bits per heavy atom. The molecule has 0 spiro atoms. The van der Waals surface area contributed by atoms with Gasteiger partial charge in [-0.15, -0.1) is 0 Å². The lowest BCUT2D eigenvalue weighted by atomic mass is 9.97. The van der Waals surface area contributed by atoms with Gasteiger partial charge in [0.05, 0.1) is 12.1 Å². The molecule has 0 bridgehead atoms. The smallest absolute Gasteiger partial charge is 0.230 e. The zero-order valence-electron chi connectivity index (χ0n) is 14.1. The third-order valence-corrected chi connectivity index (χ3v) is 3.27. The van der Waals surface area contributed by atoms with Gasteiger partial charge in [-0.05, 0) is 34.6 Å². The Labute approximate surface area is 122 Å². The second-order valence-electron chi connectivity index (χ2n) is 7.26. The largest absolute Gasteiger partial charge is 0.444 e. The van der Waals surface area contributed by atoms with Crippen molar-refractivity contribution in [1.82, 2.24) is 9.88 Å². The van der Waals surface area contributed by atoms with Crippen LogP contribution in [0.2, 0.25) is 0 Å². The number of hydrogen-bond donors (Lipinski definition) is 0. The Morgan fingerprint density at radius 2 is 1.75 bits per heavy atom. The number of hydrogen-bond acceptors (Lipinski definition) is 3. The average molecular weight is 280 g/mol. The summed E-state index contributed by atoms with van der Waals surface area (Å²) >= 11 is 0. The molecule has 0 radical (unpaired) electrons. The van der Waals surface area contributed by atoms with Gasteiger partial charge in [0.1, 0.15) is 5.76 Å². The Morgan fingerprint density at radius 3 is 2.10 bits per heavy atom. The van der Waals surface area contributed by atoms with E-state index in [9.17, 15) is 4.79 Å². The first-order valence-electron chi connectivity index (χ1n) is 7.24. The van der Waals surface area contributed by atoms with Gasteiger partial charge in [0.25, 0.3) is 0 Å². The fourth-order valence-electron chi connectivity index (χ4n) is 2.17. The SMILES string of the molecule is CCN(C(=O)Cc1oc(C(C)(C)C)nc1C)C(C)(C)C. The van der Waals surface area contributed by atoms with E-state index >= 15 is 0 Å². The molecule has 1 aromatic heterocycles. The van der Waals surface area contributed by atoms with Crippen LogP contribution in [0.3, 0.4) is 0 Å². The molecule has 114 valence electrons. The summed E-state index contributed by atoms with van der Waals surface area (Å²) in [4.78, 5) is 18.8. The van der Waals surface area contributed by atoms with Crippen molar-refractivity contribution < 1.29 is 9.21 Å². The highest BCUT2D eigenvalue weighted by atomic mass is 16.4. The number of rotatable bonds is 3. The van der Waals surface area contributed by atoms with Gasteiger partial charge in [0.15, 0.2) is 5.89 Å². The van der Waals surface area contributed by atoms with Crippen LogP contribution in [0.25, 0.3) is 0 Å². The Balaban J connectivity index is 2.94. The first kappa shape index (κ1) is 16.7. The number of amides is 1. The molecule has 1 heterocycles. The number of aryl methyl sites for hydroxylation is 1. The van der Waals surface area contributed by atoms with E-state index in [1.807, 2.05) is 39.5 Å². The fraction of sp³-hybridized carbons (Fsp3) is 0.750. The molecule has 0 aliphatic carbocycles. The van der Waals surface area contributed by atoms with Crippen LogP contribution in [-0.2, 0) is 16.6 Å². The van der Waals surface area contributed by atoms with Crippen molar-refractivity contribution in [2.24, 2.45) is 0 Å². The molecule has 0 fully saturated rings. The highest BCUT2D eigenvalue weighted by Crippen LogP contribution is 2.25. The van der Waals surface area contributed by atoms with Gasteiger partial charge < -0.3 is 9.32 Å². The summed E-state index contributed by atoms with van der Waals surface area (Å²) in [7, 11) is 0. The predicted molar refractivity (Wildman–Crippen MR) is 80.8 cm³/mol. The zero-order valence-corrected chi connectivity index (χ0v) is 14.1. The van der Waals surface area contributed by atoms with Crippen LogP contribution in [0.4, 0.5) is 0 Å². The Kier molecular flexibility index (Phi) is 4.67. The minimum absolute atomic E-state index is 0.0831. The van der Waals surface area contributed by atoms with E-state index in [1.54, 1.807) is 0 Å². The standard InChI is InChI=1S/C16H28N2O2/c1-9-18(16(6,7)8)13(19)10-12-11(2)17-14(20-12)15(3,4)5/h9-10H2,1-8H3. The van der Waals surface area contributed by atoms with Gasteiger partial charge in [0.2, 0.25) is 5.91 Å². The second-order valence-corrected chi connectivity index (χ2v) is 7.26. The van der Waals surface area contributed by atoms with Crippen molar-refractivity contribution in [3.05, 3.63) is 17.3 Å². The van der Waals surface area contributed by atoms with Crippen LogP contribution < -0.4 is 0 Å². The van der Waals surface area contributed by atoms with E-state index in [0.29, 0.717) is 18.2 Å². The molecule has 0 saturated carbocycles. The topological polar surface area (TPSA) is 46.3 Å². The maximum Gasteiger partial charge on any atom is 0.230 e. The molecule has 0 aliphatic heterocycles. The van der Waals surface area contributed by atoms with Crippen LogP contribution in [-0.4, -0.2) is 27.9 Å². The zero-order chi connectivity index (χ0) is 15.7. The lowest BCUT2D eigenvalue weighted by molar-refractivity contribution is -0.135. The van der Waals surface area contributed by atoms with Crippen molar-refractivity contribution in [2.45, 2.75) is 72.8 Å². The number of likely N-dealkylation sites (N-methyl/N-ethyl adjacent to an activating group) is 1. The summed E-state index contributed by atoms with van der Waals surface area (Å²) < 4.78 is 5.80. The van der Waals surface area contributed by atoms with E-state index in [-0.39, 0.29) is 23.3 Å². The molecule has 0 unspecified atom stereocenters. The highest BCUT2D eigenvalue weighted by Gasteiger charge is 2.28. The summed E-state index contributed by atoms with van der Waals surface area (Å²) in [5, 5.41) is 0. The van der Waals surface area contributed by atoms with Crippen molar-refractivity contribution in [1.29, 1.82) is 0 Å². The van der Waals surface area contributed by atoms with Crippen molar-refractivity contribution in [3.63, 3.8) is 0 Å². The molecule has 0 N–H and O–H groups in total. The number of carbonyl (C=O) groups excluding carboxylic acids is 1. The third-order valence-electron chi connectivity index (χ3n) is 3.27. The number of nitrogens with zero attached hydrogens (tertiary/aromatic N) is 2. The van der Waals surface area contributed by atoms with E-state index in [0.717, 1.165) is 5.69 Å². The molecule has 0 atom stereocenters. The molecule has 1 amide bonds.